The number of hydrogen-bond donors (Lipinski definition) is 0. The van der Waals surface area contributed by atoms with Gasteiger partial charge in [-0.25, -0.2) is 4.98 Å². The first kappa shape index (κ1) is 12.5. The van der Waals surface area contributed by atoms with Gasteiger partial charge in [-0.05, 0) is 25.4 Å². The molecule has 0 amide bonds. The second kappa shape index (κ2) is 5.14. The normalized spacial score (nSPS) is 29.1. The third-order valence-electron chi connectivity index (χ3n) is 2.62. The van der Waals surface area contributed by atoms with Crippen molar-refractivity contribution in [1.82, 2.24) is 9.97 Å². The minimum atomic E-state index is -0.596. The lowest BCUT2D eigenvalue weighted by Gasteiger charge is -2.31. The zero-order valence-corrected chi connectivity index (χ0v) is 10.4. The third kappa shape index (κ3) is 3.26. The largest absolute Gasteiger partial charge is 0.472 e. The van der Waals surface area contributed by atoms with Crippen molar-refractivity contribution in [2.24, 2.45) is 0 Å². The Morgan fingerprint density at radius 1 is 1.41 bits per heavy atom. The highest BCUT2D eigenvalue weighted by Crippen LogP contribution is 2.24. The van der Waals surface area contributed by atoms with E-state index in [9.17, 15) is 4.39 Å². The molecule has 0 saturated carbocycles. The summed E-state index contributed by atoms with van der Waals surface area (Å²) in [4.78, 5) is 7.27. The maximum atomic E-state index is 13.4. The van der Waals surface area contributed by atoms with Crippen molar-refractivity contribution >= 4 is 11.6 Å². The van der Waals surface area contributed by atoms with Gasteiger partial charge >= 0.3 is 0 Å². The highest BCUT2D eigenvalue weighted by Gasteiger charge is 2.27. The molecule has 17 heavy (non-hydrogen) atoms. The third-order valence-corrected chi connectivity index (χ3v) is 2.80. The molecular formula is C11H14ClFN2O2. The van der Waals surface area contributed by atoms with Crippen LogP contribution in [0.25, 0.3) is 0 Å². The molecule has 1 saturated heterocycles. The Kier molecular flexibility index (Phi) is 3.79. The Balaban J connectivity index is 2.07. The van der Waals surface area contributed by atoms with Gasteiger partial charge in [0.25, 0.3) is 5.88 Å². The van der Waals surface area contributed by atoms with Gasteiger partial charge in [-0.3, -0.25) is 0 Å². The fraction of sp³-hybridized carbons (Fsp3) is 0.636. The van der Waals surface area contributed by atoms with E-state index in [2.05, 4.69) is 9.97 Å². The van der Waals surface area contributed by atoms with E-state index in [1.807, 2.05) is 13.8 Å². The number of hydrogen-bond acceptors (Lipinski definition) is 4. The summed E-state index contributed by atoms with van der Waals surface area (Å²) in [5, 5.41) is -0.0189. The predicted octanol–water partition coefficient (Wildman–Crippen LogP) is 2.60. The first-order valence-corrected chi connectivity index (χ1v) is 5.92. The van der Waals surface area contributed by atoms with Crippen molar-refractivity contribution in [2.75, 3.05) is 0 Å². The molecule has 1 aromatic rings. The van der Waals surface area contributed by atoms with Crippen molar-refractivity contribution in [3.05, 3.63) is 17.3 Å². The molecule has 0 bridgehead atoms. The Bertz CT molecular complexity index is 395. The Morgan fingerprint density at radius 3 is 2.71 bits per heavy atom. The van der Waals surface area contributed by atoms with E-state index in [0.717, 1.165) is 6.20 Å². The van der Waals surface area contributed by atoms with Crippen LogP contribution in [0, 0.1) is 5.82 Å². The van der Waals surface area contributed by atoms with Gasteiger partial charge in [-0.2, -0.15) is 9.37 Å². The van der Waals surface area contributed by atoms with Crippen LogP contribution in [0.4, 0.5) is 4.39 Å². The summed E-state index contributed by atoms with van der Waals surface area (Å²) in [6, 6.07) is 0. The Hall–Kier alpha value is -0.940. The lowest BCUT2D eigenvalue weighted by Crippen LogP contribution is -2.36. The molecule has 1 aliphatic rings. The summed E-state index contributed by atoms with van der Waals surface area (Å²) < 4.78 is 24.5. The molecule has 0 spiro atoms. The van der Waals surface area contributed by atoms with Gasteiger partial charge in [0.15, 0.2) is 0 Å². The lowest BCUT2D eigenvalue weighted by atomic mass is 10.0. The smallest absolute Gasteiger partial charge is 0.255 e. The second-order valence-corrected chi connectivity index (χ2v) is 4.60. The highest BCUT2D eigenvalue weighted by atomic mass is 35.5. The number of rotatable bonds is 2. The van der Waals surface area contributed by atoms with Gasteiger partial charge in [0.05, 0.1) is 18.4 Å². The summed E-state index contributed by atoms with van der Waals surface area (Å²) in [6.45, 7) is 3.94. The maximum Gasteiger partial charge on any atom is 0.255 e. The molecule has 1 aliphatic heterocycles. The van der Waals surface area contributed by atoms with Gasteiger partial charge in [0.2, 0.25) is 11.1 Å². The van der Waals surface area contributed by atoms with E-state index in [-0.39, 0.29) is 29.5 Å². The van der Waals surface area contributed by atoms with Crippen molar-refractivity contribution in [3.63, 3.8) is 0 Å². The maximum absolute atomic E-state index is 13.4. The monoisotopic (exact) mass is 260 g/mol. The molecule has 1 aromatic heterocycles. The molecule has 2 heterocycles. The van der Waals surface area contributed by atoms with Crippen LogP contribution in [0.2, 0.25) is 5.28 Å². The minimum absolute atomic E-state index is 0.0189. The molecule has 2 rings (SSSR count). The molecule has 4 nitrogen and oxygen atoms in total. The standard InChI is InChI=1S/C11H14ClFN2O2/c1-6-3-8(4-7(2)16-6)17-10-9(13)5-14-11(12)15-10/h5-8H,3-4H2,1-2H3. The summed E-state index contributed by atoms with van der Waals surface area (Å²) >= 11 is 5.60. The average molecular weight is 261 g/mol. The predicted molar refractivity (Wildman–Crippen MR) is 60.7 cm³/mol. The molecular weight excluding hydrogens is 247 g/mol. The molecule has 6 heteroatoms. The number of ether oxygens (including phenoxy) is 2. The van der Waals surface area contributed by atoms with E-state index in [1.54, 1.807) is 0 Å². The SMILES string of the molecule is CC1CC(Oc2nc(Cl)ncc2F)CC(C)O1. The zero-order valence-electron chi connectivity index (χ0n) is 9.69. The molecule has 2 atom stereocenters. The summed E-state index contributed by atoms with van der Waals surface area (Å²) in [5.41, 5.74) is 0. The molecule has 0 aromatic carbocycles. The zero-order chi connectivity index (χ0) is 12.4. The topological polar surface area (TPSA) is 44.2 Å². The van der Waals surface area contributed by atoms with E-state index in [1.165, 1.54) is 0 Å². The van der Waals surface area contributed by atoms with Crippen LogP contribution in [-0.4, -0.2) is 28.3 Å². The summed E-state index contributed by atoms with van der Waals surface area (Å²) in [6.07, 6.45) is 2.54. The first-order valence-electron chi connectivity index (χ1n) is 5.54. The van der Waals surface area contributed by atoms with E-state index >= 15 is 0 Å². The van der Waals surface area contributed by atoms with Crippen LogP contribution in [-0.2, 0) is 4.74 Å². The molecule has 2 unspecified atom stereocenters. The van der Waals surface area contributed by atoms with Crippen LogP contribution in [0.3, 0.4) is 0 Å². The van der Waals surface area contributed by atoms with Gasteiger partial charge in [-0.15, -0.1) is 0 Å². The Morgan fingerprint density at radius 2 is 2.06 bits per heavy atom. The fourth-order valence-electron chi connectivity index (χ4n) is 2.01. The van der Waals surface area contributed by atoms with Crippen LogP contribution in [0.5, 0.6) is 5.88 Å². The van der Waals surface area contributed by atoms with Crippen LogP contribution in [0.1, 0.15) is 26.7 Å². The first-order chi connectivity index (χ1) is 8.04. The quantitative estimate of drug-likeness (QED) is 0.767. The van der Waals surface area contributed by atoms with Gasteiger partial charge in [-0.1, -0.05) is 0 Å². The van der Waals surface area contributed by atoms with Crippen LogP contribution < -0.4 is 4.74 Å². The Labute approximate surface area is 104 Å². The van der Waals surface area contributed by atoms with Crippen molar-refractivity contribution < 1.29 is 13.9 Å². The molecule has 0 N–H and O–H groups in total. The molecule has 0 aliphatic carbocycles. The van der Waals surface area contributed by atoms with Gasteiger partial charge in [0.1, 0.15) is 6.10 Å². The molecule has 94 valence electrons. The number of nitrogens with zero attached hydrogens (tertiary/aromatic N) is 2. The molecule has 1 fully saturated rings. The van der Waals surface area contributed by atoms with E-state index in [0.29, 0.717) is 12.8 Å². The van der Waals surface area contributed by atoms with E-state index in [4.69, 9.17) is 21.1 Å². The van der Waals surface area contributed by atoms with E-state index < -0.39 is 5.82 Å². The summed E-state index contributed by atoms with van der Waals surface area (Å²) in [7, 11) is 0. The second-order valence-electron chi connectivity index (χ2n) is 4.26. The average Bonchev–Trinajstić information content (AvgIpc) is 2.22. The van der Waals surface area contributed by atoms with Crippen LogP contribution in [0.15, 0.2) is 6.20 Å². The molecule has 0 radical (unpaired) electrons. The summed E-state index contributed by atoms with van der Waals surface area (Å²) in [5.74, 6) is -0.683. The lowest BCUT2D eigenvalue weighted by molar-refractivity contribution is -0.0736. The van der Waals surface area contributed by atoms with Crippen molar-refractivity contribution in [2.45, 2.75) is 45.0 Å². The minimum Gasteiger partial charge on any atom is -0.472 e. The van der Waals surface area contributed by atoms with Crippen LogP contribution >= 0.6 is 11.6 Å². The van der Waals surface area contributed by atoms with Crippen molar-refractivity contribution in [3.8, 4) is 5.88 Å². The number of aromatic nitrogens is 2. The van der Waals surface area contributed by atoms with Crippen molar-refractivity contribution in [1.29, 1.82) is 0 Å². The van der Waals surface area contributed by atoms with Gasteiger partial charge in [0, 0.05) is 12.8 Å². The van der Waals surface area contributed by atoms with Gasteiger partial charge < -0.3 is 9.47 Å². The number of halogens is 2. The highest BCUT2D eigenvalue weighted by molar-refractivity contribution is 6.28. The fourth-order valence-corrected chi connectivity index (χ4v) is 2.14.